The fourth-order valence-corrected chi connectivity index (χ4v) is 3.31. The van der Waals surface area contributed by atoms with Gasteiger partial charge >= 0.3 is 0 Å². The Morgan fingerprint density at radius 2 is 1.95 bits per heavy atom. The Kier molecular flexibility index (Phi) is 6.80. The summed E-state index contributed by atoms with van der Waals surface area (Å²) in [6.07, 6.45) is 0. The molecular formula is C14H22N2O4S. The van der Waals surface area contributed by atoms with Crippen LogP contribution < -0.4 is 5.32 Å². The fourth-order valence-electron chi connectivity index (χ4n) is 1.88. The van der Waals surface area contributed by atoms with E-state index in [4.69, 9.17) is 4.74 Å². The third kappa shape index (κ3) is 5.11. The molecule has 0 aromatic heterocycles. The molecule has 1 atom stereocenters. The number of methoxy groups -OCH3 is 1. The number of likely N-dealkylation sites (N-methyl/N-ethyl adjacent to an activating group) is 1. The first-order valence-corrected chi connectivity index (χ1v) is 8.19. The molecule has 0 aliphatic heterocycles. The van der Waals surface area contributed by atoms with Gasteiger partial charge in [-0.05, 0) is 19.1 Å². The van der Waals surface area contributed by atoms with Crippen molar-refractivity contribution >= 4 is 15.9 Å². The molecule has 1 aromatic rings. The third-order valence-corrected chi connectivity index (χ3v) is 4.81. The smallest absolute Gasteiger partial charge is 0.243 e. The van der Waals surface area contributed by atoms with Gasteiger partial charge in [0.1, 0.15) is 0 Å². The minimum Gasteiger partial charge on any atom is -0.383 e. The van der Waals surface area contributed by atoms with Gasteiger partial charge in [0, 0.05) is 19.7 Å². The first-order valence-electron chi connectivity index (χ1n) is 6.75. The molecule has 6 nitrogen and oxygen atoms in total. The van der Waals surface area contributed by atoms with Crippen molar-refractivity contribution in [2.24, 2.45) is 0 Å². The molecule has 1 amide bonds. The highest BCUT2D eigenvalue weighted by Crippen LogP contribution is 2.14. The van der Waals surface area contributed by atoms with Crippen molar-refractivity contribution in [2.75, 3.05) is 26.8 Å². The summed E-state index contributed by atoms with van der Waals surface area (Å²) in [5, 5.41) is 2.70. The second-order valence-corrected chi connectivity index (χ2v) is 6.61. The first-order chi connectivity index (χ1) is 9.91. The van der Waals surface area contributed by atoms with Gasteiger partial charge in [-0.25, -0.2) is 8.42 Å². The quantitative estimate of drug-likeness (QED) is 0.772. The number of hydrogen-bond donors (Lipinski definition) is 1. The molecular weight excluding hydrogens is 292 g/mol. The molecule has 0 radical (unpaired) electrons. The van der Waals surface area contributed by atoms with E-state index < -0.39 is 10.0 Å². The zero-order chi connectivity index (χ0) is 15.9. The summed E-state index contributed by atoms with van der Waals surface area (Å²) in [6, 6.07) is 7.92. The zero-order valence-corrected chi connectivity index (χ0v) is 13.4. The average molecular weight is 314 g/mol. The van der Waals surface area contributed by atoms with E-state index in [0.29, 0.717) is 6.61 Å². The number of rotatable bonds is 8. The third-order valence-electron chi connectivity index (χ3n) is 2.88. The minimum absolute atomic E-state index is 0.166. The molecule has 1 N–H and O–H groups in total. The number of hydrogen-bond acceptors (Lipinski definition) is 4. The molecule has 7 heteroatoms. The van der Waals surface area contributed by atoms with Gasteiger partial charge in [-0.3, -0.25) is 4.79 Å². The van der Waals surface area contributed by atoms with Crippen LogP contribution in [-0.2, 0) is 19.6 Å². The van der Waals surface area contributed by atoms with E-state index in [1.807, 2.05) is 0 Å². The van der Waals surface area contributed by atoms with Gasteiger partial charge in [0.05, 0.1) is 18.0 Å². The lowest BCUT2D eigenvalue weighted by Gasteiger charge is -2.21. The van der Waals surface area contributed by atoms with Gasteiger partial charge < -0.3 is 10.1 Å². The lowest BCUT2D eigenvalue weighted by Crippen LogP contribution is -2.44. The summed E-state index contributed by atoms with van der Waals surface area (Å²) >= 11 is 0. The Bertz CT molecular complexity index is 545. The highest BCUT2D eigenvalue weighted by Gasteiger charge is 2.25. The van der Waals surface area contributed by atoms with Crippen molar-refractivity contribution in [1.82, 2.24) is 9.62 Å². The number of carbonyl (C=O) groups excluding carboxylic acids is 1. The first kappa shape index (κ1) is 17.6. The molecule has 0 spiro atoms. The van der Waals surface area contributed by atoms with Crippen molar-refractivity contribution in [3.63, 3.8) is 0 Å². The standard InChI is InChI=1S/C14H22N2O4S/c1-4-16(10-14(17)15-12(2)11-20-3)21(18,19)13-8-6-5-7-9-13/h5-9,12H,4,10-11H2,1-3H3,(H,15,17)/t12-/m1/s1. The predicted molar refractivity (Wildman–Crippen MR) is 80.4 cm³/mol. The van der Waals surface area contributed by atoms with Gasteiger partial charge in [-0.1, -0.05) is 25.1 Å². The second-order valence-electron chi connectivity index (χ2n) is 4.67. The zero-order valence-electron chi connectivity index (χ0n) is 12.6. The Morgan fingerprint density at radius 1 is 1.33 bits per heavy atom. The molecule has 0 saturated carbocycles. The highest BCUT2D eigenvalue weighted by atomic mass is 32.2. The van der Waals surface area contributed by atoms with Crippen LogP contribution in [0.25, 0.3) is 0 Å². The molecule has 0 saturated heterocycles. The van der Waals surface area contributed by atoms with E-state index in [1.54, 1.807) is 39.2 Å². The maximum absolute atomic E-state index is 12.4. The largest absolute Gasteiger partial charge is 0.383 e. The molecule has 0 unspecified atom stereocenters. The van der Waals surface area contributed by atoms with E-state index in [0.717, 1.165) is 4.31 Å². The second kappa shape index (κ2) is 8.11. The Balaban J connectivity index is 2.77. The van der Waals surface area contributed by atoms with Crippen molar-refractivity contribution in [3.8, 4) is 0 Å². The summed E-state index contributed by atoms with van der Waals surface area (Å²) < 4.78 is 30.9. The number of carbonyl (C=O) groups is 1. The highest BCUT2D eigenvalue weighted by molar-refractivity contribution is 7.89. The Labute approximate surface area is 126 Å². The van der Waals surface area contributed by atoms with E-state index in [9.17, 15) is 13.2 Å². The van der Waals surface area contributed by atoms with Crippen LogP contribution in [0.5, 0.6) is 0 Å². The summed E-state index contributed by atoms with van der Waals surface area (Å²) in [4.78, 5) is 12.1. The molecule has 118 valence electrons. The van der Waals surface area contributed by atoms with Crippen LogP contribution in [0.1, 0.15) is 13.8 Å². The van der Waals surface area contributed by atoms with Gasteiger partial charge in [0.25, 0.3) is 0 Å². The number of nitrogens with zero attached hydrogens (tertiary/aromatic N) is 1. The van der Waals surface area contributed by atoms with Crippen LogP contribution in [0.4, 0.5) is 0 Å². The van der Waals surface area contributed by atoms with Crippen molar-refractivity contribution in [1.29, 1.82) is 0 Å². The van der Waals surface area contributed by atoms with Gasteiger partial charge in [0.2, 0.25) is 15.9 Å². The molecule has 0 bridgehead atoms. The number of benzene rings is 1. The van der Waals surface area contributed by atoms with Crippen LogP contribution in [0.3, 0.4) is 0 Å². The normalized spacial score (nSPS) is 13.1. The number of sulfonamides is 1. The molecule has 21 heavy (non-hydrogen) atoms. The summed E-state index contributed by atoms with van der Waals surface area (Å²) in [5.74, 6) is -0.346. The number of amides is 1. The molecule has 0 aliphatic rings. The van der Waals surface area contributed by atoms with Crippen LogP contribution in [0.2, 0.25) is 0 Å². The van der Waals surface area contributed by atoms with Gasteiger partial charge in [-0.2, -0.15) is 4.31 Å². The van der Waals surface area contributed by atoms with E-state index in [1.165, 1.54) is 12.1 Å². The molecule has 1 rings (SSSR count). The average Bonchev–Trinajstić information content (AvgIpc) is 2.45. The summed E-state index contributed by atoms with van der Waals surface area (Å²) in [7, 11) is -2.11. The predicted octanol–water partition coefficient (Wildman–Crippen LogP) is 0.848. The van der Waals surface area contributed by atoms with E-state index >= 15 is 0 Å². The van der Waals surface area contributed by atoms with Crippen LogP contribution in [0.15, 0.2) is 35.2 Å². The maximum Gasteiger partial charge on any atom is 0.243 e. The van der Waals surface area contributed by atoms with Crippen LogP contribution in [-0.4, -0.2) is 51.5 Å². The summed E-state index contributed by atoms with van der Waals surface area (Å²) in [6.45, 7) is 3.89. The lowest BCUT2D eigenvalue weighted by molar-refractivity contribution is -0.122. The molecule has 0 aliphatic carbocycles. The van der Waals surface area contributed by atoms with Gasteiger partial charge in [0.15, 0.2) is 0 Å². The molecule has 1 aromatic carbocycles. The monoisotopic (exact) mass is 314 g/mol. The van der Waals surface area contributed by atoms with Crippen molar-refractivity contribution < 1.29 is 17.9 Å². The topological polar surface area (TPSA) is 75.7 Å². The van der Waals surface area contributed by atoms with E-state index in [2.05, 4.69) is 5.32 Å². The van der Waals surface area contributed by atoms with Crippen LogP contribution in [0, 0.1) is 0 Å². The van der Waals surface area contributed by atoms with Gasteiger partial charge in [-0.15, -0.1) is 0 Å². The van der Waals surface area contributed by atoms with E-state index in [-0.39, 0.29) is 29.9 Å². The SMILES string of the molecule is CCN(CC(=O)N[C@H](C)COC)S(=O)(=O)c1ccccc1. The number of nitrogens with one attached hydrogen (secondary N) is 1. The lowest BCUT2D eigenvalue weighted by atomic mass is 10.3. The molecule has 0 fully saturated rings. The maximum atomic E-state index is 12.4. The Hall–Kier alpha value is -1.44. The Morgan fingerprint density at radius 3 is 2.48 bits per heavy atom. The number of ether oxygens (including phenoxy) is 1. The fraction of sp³-hybridized carbons (Fsp3) is 0.500. The van der Waals surface area contributed by atoms with Crippen molar-refractivity contribution in [3.05, 3.63) is 30.3 Å². The van der Waals surface area contributed by atoms with Crippen molar-refractivity contribution in [2.45, 2.75) is 24.8 Å². The minimum atomic E-state index is -3.65. The molecule has 0 heterocycles. The van der Waals surface area contributed by atoms with Crippen LogP contribution >= 0.6 is 0 Å². The summed E-state index contributed by atoms with van der Waals surface area (Å²) in [5.41, 5.74) is 0.